The summed E-state index contributed by atoms with van der Waals surface area (Å²) in [6, 6.07) is 17.4. The molecule has 4 rings (SSSR count). The molecule has 0 saturated carbocycles. The molecule has 34 heavy (non-hydrogen) atoms. The van der Waals surface area contributed by atoms with Gasteiger partial charge in [0.25, 0.3) is 0 Å². The first kappa shape index (κ1) is 23.6. The molecule has 0 N–H and O–H groups in total. The van der Waals surface area contributed by atoms with Crippen molar-refractivity contribution < 1.29 is 17.6 Å². The van der Waals surface area contributed by atoms with Crippen molar-refractivity contribution in [1.29, 1.82) is 0 Å². The minimum Gasteiger partial charge on any atom is -0.207 e. The molecule has 0 aliphatic carbocycles. The third-order valence-corrected chi connectivity index (χ3v) is 5.90. The van der Waals surface area contributed by atoms with Crippen molar-refractivity contribution in [3.8, 4) is 11.8 Å². The molecule has 0 spiro atoms. The first-order chi connectivity index (χ1) is 16.4. The zero-order valence-corrected chi connectivity index (χ0v) is 18.9. The maximum atomic E-state index is 14.6. The van der Waals surface area contributed by atoms with Crippen LogP contribution in [0.25, 0.3) is 10.8 Å². The Kier molecular flexibility index (Phi) is 7.33. The molecule has 0 aliphatic rings. The number of hydrogen-bond donors (Lipinski definition) is 0. The van der Waals surface area contributed by atoms with Gasteiger partial charge in [-0.1, -0.05) is 55.5 Å². The molecule has 0 radical (unpaired) electrons. The predicted octanol–water partition coefficient (Wildman–Crippen LogP) is 7.92. The van der Waals surface area contributed by atoms with Gasteiger partial charge in [0.1, 0.15) is 11.6 Å². The lowest BCUT2D eigenvalue weighted by Gasteiger charge is -2.07. The van der Waals surface area contributed by atoms with E-state index >= 15 is 0 Å². The largest absolute Gasteiger partial charge is 0.207 e. The molecule has 4 aromatic carbocycles. The van der Waals surface area contributed by atoms with Crippen LogP contribution in [0.3, 0.4) is 0 Å². The smallest absolute Gasteiger partial charge is 0.166 e. The standard InChI is InChI=1S/C30H24F4/c1-2-3-4-20-5-10-23(28(32)18-20)12-7-22-8-13-24(29(33)19-22)11-6-21-9-15-26-25(17-21)14-16-27(31)30(26)34/h5,8-10,13-19H,2-4,7,12H2,1H3. The molecule has 4 aromatic rings. The van der Waals surface area contributed by atoms with Gasteiger partial charge in [-0.25, -0.2) is 17.6 Å². The minimum atomic E-state index is -0.903. The second-order valence-electron chi connectivity index (χ2n) is 8.39. The summed E-state index contributed by atoms with van der Waals surface area (Å²) in [4.78, 5) is 0. The summed E-state index contributed by atoms with van der Waals surface area (Å²) in [6.07, 6.45) is 3.97. The van der Waals surface area contributed by atoms with Crippen LogP contribution < -0.4 is 0 Å². The van der Waals surface area contributed by atoms with Crippen LogP contribution in [0, 0.1) is 35.1 Å². The molecule has 0 heterocycles. The lowest BCUT2D eigenvalue weighted by Crippen LogP contribution is -1.98. The Bertz CT molecular complexity index is 1390. The quantitative estimate of drug-likeness (QED) is 0.202. The summed E-state index contributed by atoms with van der Waals surface area (Å²) in [5.74, 6) is 3.21. The number of halogens is 4. The monoisotopic (exact) mass is 460 g/mol. The molecule has 0 bridgehead atoms. The zero-order valence-electron chi connectivity index (χ0n) is 18.9. The SMILES string of the molecule is CCCCc1ccc(CCc2ccc(C#Cc3ccc4c(F)c(F)ccc4c3)c(F)c2)c(F)c1. The lowest BCUT2D eigenvalue weighted by atomic mass is 10.00. The maximum Gasteiger partial charge on any atom is 0.166 e. The van der Waals surface area contributed by atoms with Gasteiger partial charge < -0.3 is 0 Å². The van der Waals surface area contributed by atoms with E-state index in [-0.39, 0.29) is 16.8 Å². The Labute approximate surface area is 197 Å². The fraction of sp³-hybridized carbons (Fsp3) is 0.200. The lowest BCUT2D eigenvalue weighted by molar-refractivity contribution is 0.517. The van der Waals surface area contributed by atoms with Gasteiger partial charge in [0.05, 0.1) is 5.56 Å². The van der Waals surface area contributed by atoms with Gasteiger partial charge in [-0.05, 0) is 84.2 Å². The number of aryl methyl sites for hydroxylation is 3. The second-order valence-corrected chi connectivity index (χ2v) is 8.39. The Balaban J connectivity index is 1.45. The molecular weight excluding hydrogens is 436 g/mol. The molecular formula is C30H24F4. The van der Waals surface area contributed by atoms with Gasteiger partial charge in [-0.3, -0.25) is 0 Å². The van der Waals surface area contributed by atoms with Crippen molar-refractivity contribution in [2.75, 3.05) is 0 Å². The molecule has 0 aromatic heterocycles. The normalized spacial score (nSPS) is 10.9. The van der Waals surface area contributed by atoms with Crippen LogP contribution in [0.2, 0.25) is 0 Å². The Hall–Kier alpha value is -3.58. The zero-order chi connectivity index (χ0) is 24.1. The van der Waals surface area contributed by atoms with E-state index in [1.165, 1.54) is 18.2 Å². The number of benzene rings is 4. The van der Waals surface area contributed by atoms with Gasteiger partial charge in [-0.2, -0.15) is 0 Å². The van der Waals surface area contributed by atoms with Gasteiger partial charge in [0, 0.05) is 10.9 Å². The summed E-state index contributed by atoms with van der Waals surface area (Å²) >= 11 is 0. The second kappa shape index (κ2) is 10.6. The van der Waals surface area contributed by atoms with Crippen LogP contribution in [0.5, 0.6) is 0 Å². The number of hydrogen-bond acceptors (Lipinski definition) is 0. The highest BCUT2D eigenvalue weighted by Gasteiger charge is 2.08. The summed E-state index contributed by atoms with van der Waals surface area (Å²) in [6.45, 7) is 2.11. The van der Waals surface area contributed by atoms with Crippen molar-refractivity contribution in [2.24, 2.45) is 0 Å². The molecule has 0 saturated heterocycles. The van der Waals surface area contributed by atoms with E-state index in [9.17, 15) is 17.6 Å². The van der Waals surface area contributed by atoms with E-state index in [0.717, 1.165) is 36.5 Å². The van der Waals surface area contributed by atoms with E-state index in [1.807, 2.05) is 12.1 Å². The summed E-state index contributed by atoms with van der Waals surface area (Å²) in [5, 5.41) is 0.695. The first-order valence-electron chi connectivity index (χ1n) is 11.4. The van der Waals surface area contributed by atoms with Crippen molar-refractivity contribution in [2.45, 2.75) is 39.0 Å². The van der Waals surface area contributed by atoms with E-state index < -0.39 is 17.5 Å². The molecule has 0 amide bonds. The van der Waals surface area contributed by atoms with Crippen LogP contribution in [0.4, 0.5) is 17.6 Å². The van der Waals surface area contributed by atoms with Crippen LogP contribution in [-0.4, -0.2) is 0 Å². The maximum absolute atomic E-state index is 14.6. The average Bonchev–Trinajstić information content (AvgIpc) is 2.84. The first-order valence-corrected chi connectivity index (χ1v) is 11.4. The Morgan fingerprint density at radius 3 is 2.18 bits per heavy atom. The number of rotatable bonds is 6. The molecule has 0 atom stereocenters. The van der Waals surface area contributed by atoms with Crippen LogP contribution in [0.15, 0.2) is 66.7 Å². The molecule has 0 unspecified atom stereocenters. The minimum absolute atomic E-state index is 0.174. The van der Waals surface area contributed by atoms with Gasteiger partial charge in [0.2, 0.25) is 0 Å². The molecule has 0 nitrogen and oxygen atoms in total. The van der Waals surface area contributed by atoms with E-state index in [2.05, 4.69) is 18.8 Å². The third-order valence-electron chi connectivity index (χ3n) is 5.90. The van der Waals surface area contributed by atoms with Gasteiger partial charge >= 0.3 is 0 Å². The molecule has 0 aliphatic heterocycles. The summed E-state index contributed by atoms with van der Waals surface area (Å²) in [7, 11) is 0. The van der Waals surface area contributed by atoms with E-state index in [1.54, 1.807) is 30.3 Å². The summed E-state index contributed by atoms with van der Waals surface area (Å²) in [5.41, 5.74) is 3.19. The molecule has 4 heteroatoms. The highest BCUT2D eigenvalue weighted by atomic mass is 19.2. The van der Waals surface area contributed by atoms with Gasteiger partial charge in [0.15, 0.2) is 11.6 Å². The number of unbranched alkanes of at least 4 members (excludes halogenated alkanes) is 1. The Morgan fingerprint density at radius 2 is 1.41 bits per heavy atom. The van der Waals surface area contributed by atoms with Crippen molar-refractivity contribution in [3.63, 3.8) is 0 Å². The summed E-state index contributed by atoms with van der Waals surface area (Å²) < 4.78 is 56.2. The van der Waals surface area contributed by atoms with Crippen molar-refractivity contribution in [1.82, 2.24) is 0 Å². The third kappa shape index (κ3) is 5.48. The van der Waals surface area contributed by atoms with E-state index in [0.29, 0.717) is 29.4 Å². The molecule has 172 valence electrons. The highest BCUT2D eigenvalue weighted by molar-refractivity contribution is 5.84. The van der Waals surface area contributed by atoms with Gasteiger partial charge in [-0.15, -0.1) is 0 Å². The highest BCUT2D eigenvalue weighted by Crippen LogP contribution is 2.22. The van der Waals surface area contributed by atoms with Crippen molar-refractivity contribution >= 4 is 10.8 Å². The van der Waals surface area contributed by atoms with Crippen molar-refractivity contribution in [3.05, 3.63) is 118 Å². The average molecular weight is 461 g/mol. The van der Waals surface area contributed by atoms with Crippen LogP contribution in [0.1, 0.15) is 47.6 Å². The fourth-order valence-corrected chi connectivity index (χ4v) is 3.91. The number of fused-ring (bicyclic) bond motifs is 1. The van der Waals surface area contributed by atoms with Crippen LogP contribution >= 0.6 is 0 Å². The topological polar surface area (TPSA) is 0 Å². The fourth-order valence-electron chi connectivity index (χ4n) is 3.91. The Morgan fingerprint density at radius 1 is 0.647 bits per heavy atom. The van der Waals surface area contributed by atoms with Crippen LogP contribution in [-0.2, 0) is 19.3 Å². The molecule has 0 fully saturated rings. The van der Waals surface area contributed by atoms with E-state index in [4.69, 9.17) is 0 Å². The predicted molar refractivity (Wildman–Crippen MR) is 129 cm³/mol.